The number of anilines is 2. The lowest BCUT2D eigenvalue weighted by molar-refractivity contribution is 0.0990. The van der Waals surface area contributed by atoms with Gasteiger partial charge < -0.3 is 15.0 Å². The lowest BCUT2D eigenvalue weighted by Crippen LogP contribution is -2.25. The highest BCUT2D eigenvalue weighted by Crippen LogP contribution is 2.39. The highest BCUT2D eigenvalue weighted by atomic mass is 32.1. The van der Waals surface area contributed by atoms with E-state index in [0.29, 0.717) is 28.3 Å². The van der Waals surface area contributed by atoms with E-state index in [-0.39, 0.29) is 11.8 Å². The van der Waals surface area contributed by atoms with Crippen molar-refractivity contribution < 1.29 is 14.3 Å². The zero-order valence-corrected chi connectivity index (χ0v) is 15.1. The molecule has 130 valence electrons. The van der Waals surface area contributed by atoms with Crippen molar-refractivity contribution in [3.8, 4) is 11.5 Å². The quantitative estimate of drug-likeness (QED) is 0.717. The van der Waals surface area contributed by atoms with Crippen LogP contribution in [0.1, 0.15) is 26.3 Å². The number of ether oxygens (including phenoxy) is 1. The van der Waals surface area contributed by atoms with E-state index in [9.17, 15) is 9.59 Å². The Kier molecular flexibility index (Phi) is 3.97. The van der Waals surface area contributed by atoms with Crippen LogP contribution in [0.15, 0.2) is 53.2 Å². The van der Waals surface area contributed by atoms with Gasteiger partial charge in [-0.3, -0.25) is 9.59 Å². The number of aryl methyl sites for hydroxylation is 1. The molecule has 0 aliphatic carbocycles. The first-order chi connectivity index (χ1) is 12.5. The van der Waals surface area contributed by atoms with Crippen molar-refractivity contribution in [2.24, 2.45) is 0 Å². The molecule has 0 fully saturated rings. The number of hydrogen-bond donors (Lipinski definition) is 1. The van der Waals surface area contributed by atoms with Crippen LogP contribution < -0.4 is 15.0 Å². The van der Waals surface area contributed by atoms with Crippen molar-refractivity contribution in [2.75, 3.05) is 17.3 Å². The van der Waals surface area contributed by atoms with Gasteiger partial charge in [0.25, 0.3) is 11.8 Å². The van der Waals surface area contributed by atoms with Gasteiger partial charge in [-0.2, -0.15) is 11.3 Å². The Morgan fingerprint density at radius 2 is 1.92 bits per heavy atom. The molecule has 6 heteroatoms. The molecule has 0 radical (unpaired) electrons. The zero-order valence-electron chi connectivity index (χ0n) is 14.3. The van der Waals surface area contributed by atoms with Crippen LogP contribution in [0.2, 0.25) is 0 Å². The van der Waals surface area contributed by atoms with E-state index in [0.717, 1.165) is 11.3 Å². The van der Waals surface area contributed by atoms with Gasteiger partial charge in [0, 0.05) is 18.1 Å². The summed E-state index contributed by atoms with van der Waals surface area (Å²) in [6.45, 7) is 1.97. The van der Waals surface area contributed by atoms with Gasteiger partial charge >= 0.3 is 0 Å². The van der Waals surface area contributed by atoms with Gasteiger partial charge in [0.05, 0.1) is 16.8 Å². The molecule has 0 saturated carbocycles. The minimum absolute atomic E-state index is 0.184. The molecule has 0 atom stereocenters. The van der Waals surface area contributed by atoms with Crippen molar-refractivity contribution in [1.29, 1.82) is 0 Å². The smallest absolute Gasteiger partial charge is 0.261 e. The van der Waals surface area contributed by atoms with E-state index in [1.54, 1.807) is 41.6 Å². The van der Waals surface area contributed by atoms with Crippen molar-refractivity contribution in [3.63, 3.8) is 0 Å². The van der Waals surface area contributed by atoms with Crippen molar-refractivity contribution in [2.45, 2.75) is 6.92 Å². The maximum atomic E-state index is 12.9. The molecule has 26 heavy (non-hydrogen) atoms. The molecule has 2 amide bonds. The van der Waals surface area contributed by atoms with Gasteiger partial charge in [-0.1, -0.05) is 6.07 Å². The van der Waals surface area contributed by atoms with Gasteiger partial charge in [-0.25, -0.2) is 0 Å². The summed E-state index contributed by atoms with van der Waals surface area (Å²) in [5.41, 5.74) is 3.31. The second-order valence-corrected chi connectivity index (χ2v) is 6.89. The lowest BCUT2D eigenvalue weighted by Gasteiger charge is -2.16. The number of thiophene rings is 1. The fraction of sp³-hybridized carbons (Fsp3) is 0.100. The number of amides is 2. The molecule has 2 aromatic carbocycles. The predicted octanol–water partition coefficient (Wildman–Crippen LogP) is 4.69. The minimum Gasteiger partial charge on any atom is -0.454 e. The van der Waals surface area contributed by atoms with Gasteiger partial charge in [0.2, 0.25) is 0 Å². The standard InChI is InChI=1S/C20H16N2O3S/c1-12-3-5-18-16(9-12)22(2)20(24)15-10-14(4-6-17(15)25-18)21-19(23)13-7-8-26-11-13/h3-11H,1-2H3,(H,21,23). The molecular weight excluding hydrogens is 348 g/mol. The number of carbonyl (C=O) groups excluding carboxylic acids is 2. The second kappa shape index (κ2) is 6.31. The minimum atomic E-state index is -0.208. The van der Waals surface area contributed by atoms with Crippen LogP contribution >= 0.6 is 11.3 Å². The Labute approximate surface area is 154 Å². The van der Waals surface area contributed by atoms with Gasteiger partial charge in [-0.15, -0.1) is 0 Å². The molecule has 1 aliphatic rings. The first-order valence-corrected chi connectivity index (χ1v) is 9.01. The van der Waals surface area contributed by atoms with Gasteiger partial charge in [0.15, 0.2) is 5.75 Å². The monoisotopic (exact) mass is 364 g/mol. The molecular formula is C20H16N2O3S. The van der Waals surface area contributed by atoms with E-state index in [4.69, 9.17) is 4.74 Å². The fourth-order valence-electron chi connectivity index (χ4n) is 2.85. The molecule has 0 bridgehead atoms. The third-order valence-corrected chi connectivity index (χ3v) is 4.93. The maximum Gasteiger partial charge on any atom is 0.261 e. The number of fused-ring (bicyclic) bond motifs is 2. The molecule has 1 aromatic heterocycles. The SMILES string of the molecule is Cc1ccc2c(c1)N(C)C(=O)c1cc(NC(=O)c3ccsc3)ccc1O2. The summed E-state index contributed by atoms with van der Waals surface area (Å²) >= 11 is 1.46. The Balaban J connectivity index is 1.69. The van der Waals surface area contributed by atoms with E-state index in [1.807, 2.05) is 30.5 Å². The fourth-order valence-corrected chi connectivity index (χ4v) is 3.48. The summed E-state index contributed by atoms with van der Waals surface area (Å²) in [5.74, 6) is 0.703. The lowest BCUT2D eigenvalue weighted by atomic mass is 10.1. The van der Waals surface area contributed by atoms with Crippen LogP contribution in [0.3, 0.4) is 0 Å². The van der Waals surface area contributed by atoms with E-state index >= 15 is 0 Å². The van der Waals surface area contributed by atoms with E-state index < -0.39 is 0 Å². The molecule has 2 heterocycles. The Hall–Kier alpha value is -3.12. The van der Waals surface area contributed by atoms with Crippen LogP contribution in [-0.2, 0) is 0 Å². The largest absolute Gasteiger partial charge is 0.454 e. The summed E-state index contributed by atoms with van der Waals surface area (Å²) in [6.07, 6.45) is 0. The van der Waals surface area contributed by atoms with Crippen LogP contribution in [0.5, 0.6) is 11.5 Å². The van der Waals surface area contributed by atoms with E-state index in [1.165, 1.54) is 11.3 Å². The maximum absolute atomic E-state index is 12.9. The normalized spacial score (nSPS) is 12.7. The van der Waals surface area contributed by atoms with E-state index in [2.05, 4.69) is 5.32 Å². The van der Waals surface area contributed by atoms with Crippen LogP contribution in [0.25, 0.3) is 0 Å². The van der Waals surface area contributed by atoms with Crippen molar-refractivity contribution >= 4 is 34.5 Å². The number of benzene rings is 2. The molecule has 0 spiro atoms. The molecule has 3 aromatic rings. The molecule has 0 saturated heterocycles. The van der Waals surface area contributed by atoms with Crippen LogP contribution in [0, 0.1) is 6.92 Å². The first kappa shape index (κ1) is 16.4. The average Bonchev–Trinajstić information content (AvgIpc) is 3.15. The van der Waals surface area contributed by atoms with Crippen molar-refractivity contribution in [1.82, 2.24) is 0 Å². The Bertz CT molecular complexity index is 1010. The molecule has 1 N–H and O–H groups in total. The number of hydrogen-bond acceptors (Lipinski definition) is 4. The van der Waals surface area contributed by atoms with Gasteiger partial charge in [0.1, 0.15) is 5.75 Å². The summed E-state index contributed by atoms with van der Waals surface area (Å²) in [6, 6.07) is 12.6. The predicted molar refractivity (Wildman–Crippen MR) is 103 cm³/mol. The molecule has 0 unspecified atom stereocenters. The Morgan fingerprint density at radius 3 is 2.69 bits per heavy atom. The topological polar surface area (TPSA) is 58.6 Å². The van der Waals surface area contributed by atoms with Crippen LogP contribution in [-0.4, -0.2) is 18.9 Å². The van der Waals surface area contributed by atoms with Crippen LogP contribution in [0.4, 0.5) is 11.4 Å². The first-order valence-electron chi connectivity index (χ1n) is 8.07. The summed E-state index contributed by atoms with van der Waals surface area (Å²) in [5, 5.41) is 6.44. The number of carbonyl (C=O) groups is 2. The number of nitrogens with zero attached hydrogens (tertiary/aromatic N) is 1. The third kappa shape index (κ3) is 2.84. The Morgan fingerprint density at radius 1 is 1.12 bits per heavy atom. The zero-order chi connectivity index (χ0) is 18.3. The third-order valence-electron chi connectivity index (χ3n) is 4.25. The molecule has 5 nitrogen and oxygen atoms in total. The summed E-state index contributed by atoms with van der Waals surface area (Å²) in [4.78, 5) is 26.7. The number of nitrogens with one attached hydrogen (secondary N) is 1. The summed E-state index contributed by atoms with van der Waals surface area (Å²) < 4.78 is 5.96. The molecule has 1 aliphatic heterocycles. The second-order valence-electron chi connectivity index (χ2n) is 6.11. The van der Waals surface area contributed by atoms with Crippen molar-refractivity contribution in [3.05, 3.63) is 69.9 Å². The van der Waals surface area contributed by atoms with Gasteiger partial charge in [-0.05, 0) is 54.3 Å². The summed E-state index contributed by atoms with van der Waals surface area (Å²) in [7, 11) is 1.72. The molecule has 4 rings (SSSR count). The highest BCUT2D eigenvalue weighted by Gasteiger charge is 2.26. The average molecular weight is 364 g/mol. The number of rotatable bonds is 2. The highest BCUT2D eigenvalue weighted by molar-refractivity contribution is 7.08.